The van der Waals surface area contributed by atoms with Gasteiger partial charge in [-0.25, -0.2) is 4.98 Å². The van der Waals surface area contributed by atoms with Crippen LogP contribution in [-0.2, 0) is 6.54 Å². The topological polar surface area (TPSA) is 59.8 Å². The molecule has 0 bridgehead atoms. The third kappa shape index (κ3) is 3.44. The predicted molar refractivity (Wildman–Crippen MR) is 100 cm³/mol. The largest absolute Gasteiger partial charge is 0.298 e. The second kappa shape index (κ2) is 6.49. The van der Waals surface area contributed by atoms with E-state index in [-0.39, 0.29) is 5.91 Å². The van der Waals surface area contributed by atoms with Gasteiger partial charge in [-0.3, -0.25) is 14.8 Å². The Morgan fingerprint density at radius 1 is 1.20 bits per heavy atom. The first-order valence-electron chi connectivity index (χ1n) is 7.92. The number of anilines is 1. The maximum absolute atomic E-state index is 12.4. The number of thiazole rings is 1. The molecule has 0 radical (unpaired) electrons. The van der Waals surface area contributed by atoms with Gasteiger partial charge in [0, 0.05) is 18.0 Å². The zero-order valence-corrected chi connectivity index (χ0v) is 14.5. The molecule has 4 aromatic rings. The summed E-state index contributed by atoms with van der Waals surface area (Å²) in [6.45, 7) is 2.73. The van der Waals surface area contributed by atoms with E-state index >= 15 is 0 Å². The molecule has 0 fully saturated rings. The minimum Gasteiger partial charge on any atom is -0.298 e. The lowest BCUT2D eigenvalue weighted by atomic mass is 10.1. The second-order valence-corrected chi connectivity index (χ2v) is 6.88. The summed E-state index contributed by atoms with van der Waals surface area (Å²) in [5.74, 6) is -0.151. The SMILES string of the molecule is Cc1ccc2nc(NC(=O)c3ccc(Cn4cccn4)cc3)sc2c1. The van der Waals surface area contributed by atoms with Gasteiger partial charge in [-0.2, -0.15) is 5.10 Å². The van der Waals surface area contributed by atoms with Crippen LogP contribution in [0.1, 0.15) is 21.5 Å². The Morgan fingerprint density at radius 2 is 2.04 bits per heavy atom. The summed E-state index contributed by atoms with van der Waals surface area (Å²) in [6, 6.07) is 15.5. The van der Waals surface area contributed by atoms with E-state index in [1.807, 2.05) is 60.3 Å². The summed E-state index contributed by atoms with van der Waals surface area (Å²) >= 11 is 1.49. The number of amides is 1. The molecule has 0 unspecified atom stereocenters. The third-order valence-electron chi connectivity index (χ3n) is 3.88. The van der Waals surface area contributed by atoms with E-state index in [4.69, 9.17) is 0 Å². The average Bonchev–Trinajstić information content (AvgIpc) is 3.24. The van der Waals surface area contributed by atoms with E-state index in [9.17, 15) is 4.79 Å². The number of aryl methyl sites for hydroxylation is 1. The highest BCUT2D eigenvalue weighted by atomic mass is 32.1. The molecule has 2 aromatic carbocycles. The Bertz CT molecular complexity index is 1020. The summed E-state index contributed by atoms with van der Waals surface area (Å²) in [6.07, 6.45) is 3.66. The fourth-order valence-corrected chi connectivity index (χ4v) is 3.56. The molecule has 4 rings (SSSR count). The maximum atomic E-state index is 12.4. The van der Waals surface area contributed by atoms with Crippen LogP contribution in [0.3, 0.4) is 0 Å². The van der Waals surface area contributed by atoms with Gasteiger partial charge in [-0.05, 0) is 48.4 Å². The van der Waals surface area contributed by atoms with Crippen molar-refractivity contribution in [2.75, 3.05) is 5.32 Å². The van der Waals surface area contributed by atoms with Crippen molar-refractivity contribution in [1.82, 2.24) is 14.8 Å². The normalized spacial score (nSPS) is 10.9. The Balaban J connectivity index is 1.48. The van der Waals surface area contributed by atoms with Crippen molar-refractivity contribution in [3.8, 4) is 0 Å². The van der Waals surface area contributed by atoms with E-state index in [1.165, 1.54) is 16.9 Å². The van der Waals surface area contributed by atoms with Crippen LogP contribution in [-0.4, -0.2) is 20.7 Å². The minimum atomic E-state index is -0.151. The quantitative estimate of drug-likeness (QED) is 0.604. The molecule has 2 aromatic heterocycles. The average molecular weight is 348 g/mol. The van der Waals surface area contributed by atoms with Gasteiger partial charge in [-0.1, -0.05) is 29.5 Å². The van der Waals surface area contributed by atoms with Crippen molar-refractivity contribution >= 4 is 32.6 Å². The number of nitrogens with one attached hydrogen (secondary N) is 1. The van der Waals surface area contributed by atoms with Gasteiger partial charge < -0.3 is 0 Å². The highest BCUT2D eigenvalue weighted by Crippen LogP contribution is 2.27. The molecule has 5 nitrogen and oxygen atoms in total. The smallest absolute Gasteiger partial charge is 0.257 e. The lowest BCUT2D eigenvalue weighted by molar-refractivity contribution is 0.102. The standard InChI is InChI=1S/C19H16N4OS/c1-13-3-8-16-17(11-13)25-19(21-16)22-18(24)15-6-4-14(5-7-15)12-23-10-2-9-20-23/h2-11H,12H2,1H3,(H,21,22,24). The van der Waals surface area contributed by atoms with Gasteiger partial charge in [0.2, 0.25) is 0 Å². The summed E-state index contributed by atoms with van der Waals surface area (Å²) < 4.78 is 2.92. The molecule has 2 heterocycles. The Labute approximate surface area is 149 Å². The van der Waals surface area contributed by atoms with Crippen molar-refractivity contribution in [2.45, 2.75) is 13.5 Å². The molecule has 0 aliphatic rings. The molecule has 0 aliphatic carbocycles. The zero-order valence-electron chi connectivity index (χ0n) is 13.6. The van der Waals surface area contributed by atoms with Crippen molar-refractivity contribution < 1.29 is 4.79 Å². The van der Waals surface area contributed by atoms with Crippen LogP contribution in [0.25, 0.3) is 10.2 Å². The van der Waals surface area contributed by atoms with Crippen LogP contribution in [0, 0.1) is 6.92 Å². The van der Waals surface area contributed by atoms with Crippen molar-refractivity contribution in [2.24, 2.45) is 0 Å². The lowest BCUT2D eigenvalue weighted by Gasteiger charge is -2.04. The van der Waals surface area contributed by atoms with Crippen LogP contribution in [0.4, 0.5) is 5.13 Å². The molecule has 0 atom stereocenters. The number of carbonyl (C=O) groups is 1. The molecule has 0 aliphatic heterocycles. The molecule has 0 saturated carbocycles. The van der Waals surface area contributed by atoms with Gasteiger partial charge in [0.1, 0.15) is 0 Å². The second-order valence-electron chi connectivity index (χ2n) is 5.84. The van der Waals surface area contributed by atoms with Gasteiger partial charge in [0.05, 0.1) is 16.8 Å². The number of benzene rings is 2. The highest BCUT2D eigenvalue weighted by molar-refractivity contribution is 7.22. The van der Waals surface area contributed by atoms with E-state index in [0.717, 1.165) is 15.8 Å². The van der Waals surface area contributed by atoms with Crippen LogP contribution < -0.4 is 5.32 Å². The first-order chi connectivity index (χ1) is 12.2. The summed E-state index contributed by atoms with van der Waals surface area (Å²) in [5.41, 5.74) is 3.79. The molecule has 1 amide bonds. The fourth-order valence-electron chi connectivity index (χ4n) is 2.60. The maximum Gasteiger partial charge on any atom is 0.257 e. The third-order valence-corrected chi connectivity index (χ3v) is 4.82. The Morgan fingerprint density at radius 3 is 2.80 bits per heavy atom. The molecule has 6 heteroatoms. The minimum absolute atomic E-state index is 0.151. The van der Waals surface area contributed by atoms with Gasteiger partial charge in [0.25, 0.3) is 5.91 Å². The number of hydrogen-bond donors (Lipinski definition) is 1. The molecular weight excluding hydrogens is 332 g/mol. The molecule has 1 N–H and O–H groups in total. The van der Waals surface area contributed by atoms with Crippen molar-refractivity contribution in [3.63, 3.8) is 0 Å². The number of carbonyl (C=O) groups excluding carboxylic acids is 1. The van der Waals surface area contributed by atoms with Crippen LogP contribution in [0.2, 0.25) is 0 Å². The summed E-state index contributed by atoms with van der Waals surface area (Å²) in [4.78, 5) is 16.9. The van der Waals surface area contributed by atoms with E-state index < -0.39 is 0 Å². The van der Waals surface area contributed by atoms with Crippen LogP contribution >= 0.6 is 11.3 Å². The van der Waals surface area contributed by atoms with Crippen molar-refractivity contribution in [3.05, 3.63) is 77.6 Å². The van der Waals surface area contributed by atoms with Crippen LogP contribution in [0.15, 0.2) is 60.9 Å². The van der Waals surface area contributed by atoms with Gasteiger partial charge in [0.15, 0.2) is 5.13 Å². The van der Waals surface area contributed by atoms with Crippen molar-refractivity contribution in [1.29, 1.82) is 0 Å². The number of aromatic nitrogens is 3. The molecule has 0 spiro atoms. The number of nitrogens with zero attached hydrogens (tertiary/aromatic N) is 3. The summed E-state index contributed by atoms with van der Waals surface area (Å²) in [7, 11) is 0. The van der Waals surface area contributed by atoms with E-state index in [2.05, 4.69) is 21.5 Å². The number of rotatable bonds is 4. The molecule has 124 valence electrons. The first-order valence-corrected chi connectivity index (χ1v) is 8.74. The van der Waals surface area contributed by atoms with Crippen LogP contribution in [0.5, 0.6) is 0 Å². The fraction of sp³-hybridized carbons (Fsp3) is 0.105. The molecular formula is C19H16N4OS. The number of fused-ring (bicyclic) bond motifs is 1. The van der Waals surface area contributed by atoms with E-state index in [1.54, 1.807) is 6.20 Å². The molecule has 25 heavy (non-hydrogen) atoms. The Hall–Kier alpha value is -2.99. The predicted octanol–water partition coefficient (Wildman–Crippen LogP) is 4.10. The number of hydrogen-bond acceptors (Lipinski definition) is 4. The first kappa shape index (κ1) is 15.5. The lowest BCUT2D eigenvalue weighted by Crippen LogP contribution is -2.11. The van der Waals surface area contributed by atoms with Gasteiger partial charge in [-0.15, -0.1) is 0 Å². The highest BCUT2D eigenvalue weighted by Gasteiger charge is 2.10. The zero-order chi connectivity index (χ0) is 17.2. The van der Waals surface area contributed by atoms with Gasteiger partial charge >= 0.3 is 0 Å². The summed E-state index contributed by atoms with van der Waals surface area (Å²) in [5, 5.41) is 7.68. The molecule has 0 saturated heterocycles. The van der Waals surface area contributed by atoms with E-state index in [0.29, 0.717) is 17.2 Å². The monoisotopic (exact) mass is 348 g/mol. The Kier molecular flexibility index (Phi) is 4.03.